The van der Waals surface area contributed by atoms with E-state index in [1.807, 2.05) is 12.1 Å². The molecule has 3 nitrogen and oxygen atoms in total. The molecule has 0 aromatic heterocycles. The van der Waals surface area contributed by atoms with Gasteiger partial charge in [-0.05, 0) is 43.4 Å². The first kappa shape index (κ1) is 10.6. The summed E-state index contributed by atoms with van der Waals surface area (Å²) in [5.74, 6) is 0.603. The van der Waals surface area contributed by atoms with E-state index in [-0.39, 0.29) is 11.9 Å². The number of nitrogens with zero attached hydrogens (tertiary/aromatic N) is 1. The lowest BCUT2D eigenvalue weighted by Crippen LogP contribution is -2.54. The summed E-state index contributed by atoms with van der Waals surface area (Å²) in [7, 11) is 0. The van der Waals surface area contributed by atoms with E-state index in [1.165, 1.54) is 17.7 Å². The number of aryl methyl sites for hydroxylation is 1. The van der Waals surface area contributed by atoms with Gasteiger partial charge in [0.2, 0.25) is 5.91 Å². The Morgan fingerprint density at radius 3 is 3.06 bits per heavy atom. The van der Waals surface area contributed by atoms with Crippen molar-refractivity contribution in [1.82, 2.24) is 0 Å². The molecular formula is C14H18N2O. The molecule has 2 aliphatic rings. The molecule has 0 spiro atoms. The van der Waals surface area contributed by atoms with Crippen molar-refractivity contribution < 1.29 is 4.79 Å². The van der Waals surface area contributed by atoms with Crippen LogP contribution in [0.1, 0.15) is 25.3 Å². The van der Waals surface area contributed by atoms with Crippen molar-refractivity contribution in [3.8, 4) is 0 Å². The van der Waals surface area contributed by atoms with Crippen LogP contribution in [0.4, 0.5) is 11.4 Å². The minimum absolute atomic E-state index is 0.0260. The monoisotopic (exact) mass is 230 g/mol. The summed E-state index contributed by atoms with van der Waals surface area (Å²) < 4.78 is 0. The van der Waals surface area contributed by atoms with E-state index >= 15 is 0 Å². The highest BCUT2D eigenvalue weighted by Gasteiger charge is 2.38. The van der Waals surface area contributed by atoms with E-state index in [2.05, 4.69) is 30.1 Å². The van der Waals surface area contributed by atoms with Gasteiger partial charge in [-0.2, -0.15) is 0 Å². The average molecular weight is 230 g/mol. The van der Waals surface area contributed by atoms with Crippen molar-refractivity contribution in [2.24, 2.45) is 5.92 Å². The summed E-state index contributed by atoms with van der Waals surface area (Å²) in [6.07, 6.45) is 2.33. The molecule has 3 rings (SSSR count). The molecule has 1 N–H and O–H groups in total. The molecule has 0 radical (unpaired) electrons. The molecule has 1 aromatic carbocycles. The number of carbonyl (C=O) groups is 1. The van der Waals surface area contributed by atoms with E-state index in [0.717, 1.165) is 18.7 Å². The molecule has 0 saturated carbocycles. The van der Waals surface area contributed by atoms with Crippen LogP contribution in [0.5, 0.6) is 0 Å². The molecule has 2 atom stereocenters. The number of anilines is 2. The highest BCUT2D eigenvalue weighted by Crippen LogP contribution is 2.38. The Morgan fingerprint density at radius 2 is 2.24 bits per heavy atom. The number of rotatable bonds is 0. The molecule has 17 heavy (non-hydrogen) atoms. The minimum atomic E-state index is 0.0260. The van der Waals surface area contributed by atoms with E-state index in [1.54, 1.807) is 0 Å². The molecule has 90 valence electrons. The minimum Gasteiger partial charge on any atom is -0.358 e. The predicted molar refractivity (Wildman–Crippen MR) is 69.3 cm³/mol. The van der Waals surface area contributed by atoms with E-state index < -0.39 is 0 Å². The summed E-state index contributed by atoms with van der Waals surface area (Å²) in [5, 5.41) is 3.04. The van der Waals surface area contributed by atoms with Gasteiger partial charge in [0.05, 0.1) is 11.4 Å². The third kappa shape index (κ3) is 1.61. The zero-order valence-corrected chi connectivity index (χ0v) is 10.4. The third-order valence-corrected chi connectivity index (χ3v) is 3.92. The van der Waals surface area contributed by atoms with Crippen molar-refractivity contribution in [3.05, 3.63) is 23.8 Å². The van der Waals surface area contributed by atoms with Gasteiger partial charge in [0.25, 0.3) is 0 Å². The third-order valence-electron chi connectivity index (χ3n) is 3.92. The number of hydrogen-bond donors (Lipinski definition) is 1. The highest BCUT2D eigenvalue weighted by molar-refractivity contribution is 6.04. The summed E-state index contributed by atoms with van der Waals surface area (Å²) in [4.78, 5) is 14.4. The number of piperidine rings is 1. The van der Waals surface area contributed by atoms with Gasteiger partial charge in [0, 0.05) is 6.54 Å². The topological polar surface area (TPSA) is 32.3 Å². The van der Waals surface area contributed by atoms with Crippen LogP contribution in [-0.2, 0) is 4.79 Å². The average Bonchev–Trinajstić information content (AvgIpc) is 2.30. The molecule has 2 unspecified atom stereocenters. The van der Waals surface area contributed by atoms with Crippen LogP contribution in [0.25, 0.3) is 0 Å². The number of nitrogens with one attached hydrogen (secondary N) is 1. The lowest BCUT2D eigenvalue weighted by molar-refractivity contribution is -0.119. The molecule has 1 saturated heterocycles. The van der Waals surface area contributed by atoms with Gasteiger partial charge in [0.15, 0.2) is 0 Å². The maximum absolute atomic E-state index is 12.1. The van der Waals surface area contributed by atoms with Gasteiger partial charge in [-0.3, -0.25) is 4.79 Å². The zero-order valence-electron chi connectivity index (χ0n) is 10.4. The molecule has 1 amide bonds. The maximum atomic E-state index is 12.1. The molecule has 0 aliphatic carbocycles. The first-order valence-electron chi connectivity index (χ1n) is 6.35. The van der Waals surface area contributed by atoms with Gasteiger partial charge in [-0.15, -0.1) is 0 Å². The van der Waals surface area contributed by atoms with Crippen molar-refractivity contribution >= 4 is 17.3 Å². The Kier molecular flexibility index (Phi) is 2.35. The molecule has 0 bridgehead atoms. The number of amides is 1. The second kappa shape index (κ2) is 3.76. The number of carbonyl (C=O) groups excluding carboxylic acids is 1. The summed E-state index contributed by atoms with van der Waals surface area (Å²) in [6, 6.07) is 6.27. The van der Waals surface area contributed by atoms with E-state index in [0.29, 0.717) is 5.92 Å². The fraction of sp³-hybridized carbons (Fsp3) is 0.500. The molecule has 2 aliphatic heterocycles. The summed E-state index contributed by atoms with van der Waals surface area (Å²) in [6.45, 7) is 5.27. The second-order valence-corrected chi connectivity index (χ2v) is 5.27. The van der Waals surface area contributed by atoms with Crippen molar-refractivity contribution in [3.63, 3.8) is 0 Å². The predicted octanol–water partition coefficient (Wildman–Crippen LogP) is 2.55. The lowest BCUT2D eigenvalue weighted by atomic mass is 9.88. The Bertz CT molecular complexity index is 469. The second-order valence-electron chi connectivity index (χ2n) is 5.27. The van der Waals surface area contributed by atoms with E-state index in [4.69, 9.17) is 0 Å². The zero-order chi connectivity index (χ0) is 12.0. The summed E-state index contributed by atoms with van der Waals surface area (Å²) >= 11 is 0. The fourth-order valence-corrected chi connectivity index (χ4v) is 3.05. The Labute approximate surface area is 102 Å². The summed E-state index contributed by atoms with van der Waals surface area (Å²) in [5.41, 5.74) is 3.41. The Morgan fingerprint density at radius 1 is 1.41 bits per heavy atom. The first-order valence-corrected chi connectivity index (χ1v) is 6.35. The van der Waals surface area contributed by atoms with Crippen LogP contribution in [0, 0.1) is 12.8 Å². The number of benzene rings is 1. The normalized spacial score (nSPS) is 27.2. The number of hydrogen-bond acceptors (Lipinski definition) is 2. The van der Waals surface area contributed by atoms with Gasteiger partial charge in [-0.25, -0.2) is 0 Å². The quantitative estimate of drug-likeness (QED) is 0.743. The van der Waals surface area contributed by atoms with Gasteiger partial charge in [0.1, 0.15) is 6.04 Å². The van der Waals surface area contributed by atoms with Gasteiger partial charge < -0.3 is 10.2 Å². The SMILES string of the molecule is Cc1ccc2c(c1)N1CCCC(C)C1C(=O)N2. The van der Waals surface area contributed by atoms with Crippen LogP contribution < -0.4 is 10.2 Å². The fourth-order valence-electron chi connectivity index (χ4n) is 3.05. The van der Waals surface area contributed by atoms with Crippen molar-refractivity contribution in [2.75, 3.05) is 16.8 Å². The largest absolute Gasteiger partial charge is 0.358 e. The lowest BCUT2D eigenvalue weighted by Gasteiger charge is -2.44. The van der Waals surface area contributed by atoms with Crippen LogP contribution in [0.15, 0.2) is 18.2 Å². The Balaban J connectivity index is 2.08. The van der Waals surface area contributed by atoms with E-state index in [9.17, 15) is 4.79 Å². The van der Waals surface area contributed by atoms with Crippen LogP contribution in [-0.4, -0.2) is 18.5 Å². The van der Waals surface area contributed by atoms with Crippen molar-refractivity contribution in [1.29, 1.82) is 0 Å². The molecular weight excluding hydrogens is 212 g/mol. The first-order chi connectivity index (χ1) is 8.16. The molecule has 1 aromatic rings. The number of fused-ring (bicyclic) bond motifs is 3. The molecule has 1 fully saturated rings. The highest BCUT2D eigenvalue weighted by atomic mass is 16.2. The molecule has 3 heteroatoms. The van der Waals surface area contributed by atoms with Crippen molar-refractivity contribution in [2.45, 2.75) is 32.7 Å². The van der Waals surface area contributed by atoms with Crippen LogP contribution in [0.2, 0.25) is 0 Å². The van der Waals surface area contributed by atoms with Gasteiger partial charge in [-0.1, -0.05) is 13.0 Å². The smallest absolute Gasteiger partial charge is 0.247 e. The standard InChI is InChI=1S/C14H18N2O/c1-9-5-6-11-12(8-9)16-7-3-4-10(2)13(16)14(17)15-11/h5-6,8,10,13H,3-4,7H2,1-2H3,(H,15,17). The van der Waals surface area contributed by atoms with Crippen LogP contribution >= 0.6 is 0 Å². The maximum Gasteiger partial charge on any atom is 0.247 e. The Hall–Kier alpha value is -1.51. The molecule has 2 heterocycles. The van der Waals surface area contributed by atoms with Gasteiger partial charge >= 0.3 is 0 Å². The van der Waals surface area contributed by atoms with Crippen LogP contribution in [0.3, 0.4) is 0 Å².